The molecule has 1 saturated heterocycles. The van der Waals surface area contributed by atoms with E-state index in [1.807, 2.05) is 0 Å². The van der Waals surface area contributed by atoms with Crippen LogP contribution in [0.15, 0.2) is 0 Å². The van der Waals surface area contributed by atoms with Crippen molar-refractivity contribution < 1.29 is 39.2 Å². The molecule has 1 amide bonds. The van der Waals surface area contributed by atoms with E-state index in [2.05, 4.69) is 10.1 Å². The van der Waals surface area contributed by atoms with Crippen molar-refractivity contribution in [2.45, 2.75) is 30.9 Å². The second-order valence-corrected chi connectivity index (χ2v) is 4.16. The van der Waals surface area contributed by atoms with Crippen molar-refractivity contribution in [3.63, 3.8) is 0 Å². The Hall–Kier alpha value is -2.16. The first-order valence-electron chi connectivity index (χ1n) is 5.38. The molecular weight excluding hydrogens is 262 g/mol. The Balaban J connectivity index is 2.63. The molecule has 0 aromatic carbocycles. The van der Waals surface area contributed by atoms with E-state index in [4.69, 9.17) is 10.2 Å². The van der Waals surface area contributed by atoms with Crippen LogP contribution in [0, 0.1) is 0 Å². The van der Waals surface area contributed by atoms with Gasteiger partial charge in [-0.25, -0.2) is 9.59 Å². The second-order valence-electron chi connectivity index (χ2n) is 4.16. The Morgan fingerprint density at radius 2 is 1.95 bits per heavy atom. The highest BCUT2D eigenvalue weighted by Crippen LogP contribution is 2.17. The lowest BCUT2D eigenvalue weighted by Gasteiger charge is -2.21. The standard InChI is InChI=1S/C10H13NO8/c12-6(11-5-1-2-19-8(5)15)3-10(18,9(16)17)4-7(13)14/h5,18H,1-4H2,(H,11,12)(H,13,14)(H,16,17). The molecule has 0 aromatic rings. The number of carbonyl (C=O) groups excluding carboxylic acids is 2. The van der Waals surface area contributed by atoms with Crippen molar-refractivity contribution in [1.29, 1.82) is 0 Å². The fourth-order valence-electron chi connectivity index (χ4n) is 1.60. The van der Waals surface area contributed by atoms with Crippen molar-refractivity contribution >= 4 is 23.8 Å². The highest BCUT2D eigenvalue weighted by molar-refractivity contribution is 5.92. The van der Waals surface area contributed by atoms with Gasteiger partial charge in [-0.15, -0.1) is 0 Å². The zero-order chi connectivity index (χ0) is 14.6. The number of carboxylic acids is 2. The third kappa shape index (κ3) is 3.91. The van der Waals surface area contributed by atoms with Crippen LogP contribution < -0.4 is 5.32 Å². The molecule has 0 saturated carbocycles. The maximum atomic E-state index is 11.5. The number of cyclic esters (lactones) is 1. The lowest BCUT2D eigenvalue weighted by molar-refractivity contribution is -0.167. The van der Waals surface area contributed by atoms with E-state index in [1.54, 1.807) is 0 Å². The number of nitrogens with one attached hydrogen (secondary N) is 1. The molecule has 0 aromatic heterocycles. The molecule has 4 N–H and O–H groups in total. The zero-order valence-electron chi connectivity index (χ0n) is 9.79. The molecule has 19 heavy (non-hydrogen) atoms. The Morgan fingerprint density at radius 1 is 1.32 bits per heavy atom. The van der Waals surface area contributed by atoms with Crippen LogP contribution in [-0.2, 0) is 23.9 Å². The maximum absolute atomic E-state index is 11.5. The number of aliphatic carboxylic acids is 2. The Labute approximate surface area is 107 Å². The van der Waals surface area contributed by atoms with Crippen molar-refractivity contribution in [1.82, 2.24) is 5.32 Å². The predicted molar refractivity (Wildman–Crippen MR) is 57.0 cm³/mol. The summed E-state index contributed by atoms with van der Waals surface area (Å²) in [5.41, 5.74) is -2.71. The number of esters is 1. The van der Waals surface area contributed by atoms with E-state index < -0.39 is 48.3 Å². The summed E-state index contributed by atoms with van der Waals surface area (Å²) in [4.78, 5) is 43.9. The number of hydrogen-bond acceptors (Lipinski definition) is 6. The van der Waals surface area contributed by atoms with Crippen LogP contribution in [0.1, 0.15) is 19.3 Å². The smallest absolute Gasteiger partial charge is 0.336 e. The van der Waals surface area contributed by atoms with E-state index in [-0.39, 0.29) is 13.0 Å². The van der Waals surface area contributed by atoms with Gasteiger partial charge < -0.3 is 25.4 Å². The number of carboxylic acid groups (broad SMARTS) is 2. The van der Waals surface area contributed by atoms with Gasteiger partial charge in [-0.1, -0.05) is 0 Å². The van der Waals surface area contributed by atoms with Gasteiger partial charge in [0.1, 0.15) is 6.04 Å². The summed E-state index contributed by atoms with van der Waals surface area (Å²) in [6.45, 7) is 0.141. The number of rotatable bonds is 6. The lowest BCUT2D eigenvalue weighted by Crippen LogP contribution is -2.47. The van der Waals surface area contributed by atoms with Crippen LogP contribution >= 0.6 is 0 Å². The summed E-state index contributed by atoms with van der Waals surface area (Å²) < 4.78 is 4.58. The van der Waals surface area contributed by atoms with E-state index in [9.17, 15) is 24.3 Å². The first kappa shape index (κ1) is 14.9. The van der Waals surface area contributed by atoms with Gasteiger partial charge in [0.2, 0.25) is 5.91 Å². The highest BCUT2D eigenvalue weighted by Gasteiger charge is 2.41. The van der Waals surface area contributed by atoms with E-state index in [0.29, 0.717) is 0 Å². The van der Waals surface area contributed by atoms with Crippen molar-refractivity contribution in [2.24, 2.45) is 0 Å². The van der Waals surface area contributed by atoms with E-state index in [0.717, 1.165) is 0 Å². The lowest BCUT2D eigenvalue weighted by atomic mass is 9.95. The monoisotopic (exact) mass is 275 g/mol. The topological polar surface area (TPSA) is 150 Å². The number of carbonyl (C=O) groups is 4. The van der Waals surface area contributed by atoms with Crippen molar-refractivity contribution in [3.05, 3.63) is 0 Å². The predicted octanol–water partition coefficient (Wildman–Crippen LogP) is -1.90. The van der Waals surface area contributed by atoms with Crippen LogP contribution in [0.25, 0.3) is 0 Å². The summed E-state index contributed by atoms with van der Waals surface area (Å²) >= 11 is 0. The normalized spacial score (nSPS) is 21.3. The fraction of sp³-hybridized carbons (Fsp3) is 0.600. The van der Waals surface area contributed by atoms with Gasteiger partial charge in [0.15, 0.2) is 5.60 Å². The number of aliphatic hydroxyl groups is 1. The van der Waals surface area contributed by atoms with Gasteiger partial charge in [0, 0.05) is 6.42 Å². The molecule has 9 nitrogen and oxygen atoms in total. The second kappa shape index (κ2) is 5.65. The van der Waals surface area contributed by atoms with Crippen LogP contribution in [0.3, 0.4) is 0 Å². The summed E-state index contributed by atoms with van der Waals surface area (Å²) in [5, 5.41) is 29.1. The molecule has 0 spiro atoms. The molecule has 106 valence electrons. The summed E-state index contributed by atoms with van der Waals surface area (Å²) in [6.07, 6.45) is -1.84. The zero-order valence-corrected chi connectivity index (χ0v) is 9.79. The molecule has 9 heteroatoms. The first-order valence-corrected chi connectivity index (χ1v) is 5.38. The Kier molecular flexibility index (Phi) is 4.43. The SMILES string of the molecule is O=C(O)CC(O)(CC(=O)NC1CCOC1=O)C(=O)O. The van der Waals surface area contributed by atoms with Gasteiger partial charge in [0.25, 0.3) is 0 Å². The Bertz CT molecular complexity index is 420. The number of amides is 1. The highest BCUT2D eigenvalue weighted by atomic mass is 16.5. The molecule has 1 rings (SSSR count). The van der Waals surface area contributed by atoms with E-state index in [1.165, 1.54) is 0 Å². The first-order chi connectivity index (χ1) is 8.74. The molecular formula is C10H13NO8. The van der Waals surface area contributed by atoms with Crippen molar-refractivity contribution in [2.75, 3.05) is 6.61 Å². The van der Waals surface area contributed by atoms with Crippen molar-refractivity contribution in [3.8, 4) is 0 Å². The number of ether oxygens (including phenoxy) is 1. The van der Waals surface area contributed by atoms with Crippen LogP contribution in [0.2, 0.25) is 0 Å². The molecule has 0 aliphatic carbocycles. The average molecular weight is 275 g/mol. The van der Waals surface area contributed by atoms with Gasteiger partial charge >= 0.3 is 17.9 Å². The van der Waals surface area contributed by atoms with Gasteiger partial charge in [-0.05, 0) is 0 Å². The summed E-state index contributed by atoms with van der Waals surface area (Å²) in [7, 11) is 0. The van der Waals surface area contributed by atoms with E-state index >= 15 is 0 Å². The molecule has 0 radical (unpaired) electrons. The summed E-state index contributed by atoms with van der Waals surface area (Å²) in [6, 6.07) is -0.893. The third-order valence-electron chi connectivity index (χ3n) is 2.57. The average Bonchev–Trinajstić information content (AvgIpc) is 2.62. The molecule has 1 aliphatic rings. The molecule has 0 bridgehead atoms. The van der Waals surface area contributed by atoms with Crippen LogP contribution in [0.5, 0.6) is 0 Å². The molecule has 2 unspecified atom stereocenters. The minimum Gasteiger partial charge on any atom is -0.481 e. The maximum Gasteiger partial charge on any atom is 0.336 e. The molecule has 1 aliphatic heterocycles. The quantitative estimate of drug-likeness (QED) is 0.410. The minimum atomic E-state index is -2.71. The molecule has 2 atom stereocenters. The number of hydrogen-bond donors (Lipinski definition) is 4. The minimum absolute atomic E-state index is 0.141. The molecule has 1 fully saturated rings. The van der Waals surface area contributed by atoms with Crippen LogP contribution in [-0.4, -0.2) is 57.4 Å². The largest absolute Gasteiger partial charge is 0.481 e. The third-order valence-corrected chi connectivity index (χ3v) is 2.57. The van der Waals surface area contributed by atoms with Gasteiger partial charge in [-0.3, -0.25) is 9.59 Å². The van der Waals surface area contributed by atoms with Gasteiger partial charge in [0.05, 0.1) is 19.4 Å². The summed E-state index contributed by atoms with van der Waals surface area (Å²) in [5.74, 6) is -4.96. The molecule has 1 heterocycles. The van der Waals surface area contributed by atoms with Gasteiger partial charge in [-0.2, -0.15) is 0 Å². The van der Waals surface area contributed by atoms with Crippen LogP contribution in [0.4, 0.5) is 0 Å². The fourth-order valence-corrected chi connectivity index (χ4v) is 1.60. The Morgan fingerprint density at radius 3 is 2.37 bits per heavy atom.